The van der Waals surface area contributed by atoms with Gasteiger partial charge in [-0.25, -0.2) is 9.97 Å². The average Bonchev–Trinajstić information content (AvgIpc) is 2.96. The summed E-state index contributed by atoms with van der Waals surface area (Å²) in [4.78, 5) is 26.9. The zero-order chi connectivity index (χ0) is 30.6. The molecule has 4 rings (SSSR count). The summed E-state index contributed by atoms with van der Waals surface area (Å²) in [6.07, 6.45) is 0.456. The van der Waals surface area contributed by atoms with Crippen molar-refractivity contribution in [3.8, 4) is 5.75 Å². The highest BCUT2D eigenvalue weighted by atomic mass is 19.4. The minimum atomic E-state index is -4.57. The van der Waals surface area contributed by atoms with Gasteiger partial charge < -0.3 is 24.8 Å². The van der Waals surface area contributed by atoms with E-state index in [-0.39, 0.29) is 47.8 Å². The number of carbonyl (C=O) groups excluding carboxylic acids is 1. The first-order valence-electron chi connectivity index (χ1n) is 14.9. The third-order valence-corrected chi connectivity index (χ3v) is 9.34. The fourth-order valence-corrected chi connectivity index (χ4v) is 6.42. The Bertz CT molecular complexity index is 1220. The van der Waals surface area contributed by atoms with Gasteiger partial charge in [-0.15, -0.1) is 0 Å². The van der Waals surface area contributed by atoms with E-state index in [0.29, 0.717) is 11.4 Å². The van der Waals surface area contributed by atoms with E-state index in [4.69, 9.17) is 4.74 Å². The summed E-state index contributed by atoms with van der Waals surface area (Å²) in [5.41, 5.74) is 0.767. The molecule has 0 bridgehead atoms. The normalized spacial score (nSPS) is 21.5. The molecule has 1 aliphatic heterocycles. The first kappa shape index (κ1) is 31.8. The second-order valence-corrected chi connectivity index (χ2v) is 12.0. The number of halogens is 3. The molecule has 2 fully saturated rings. The van der Waals surface area contributed by atoms with E-state index in [1.165, 1.54) is 0 Å². The van der Waals surface area contributed by atoms with Crippen LogP contribution >= 0.6 is 0 Å². The molecule has 2 aliphatic rings. The predicted molar refractivity (Wildman–Crippen MR) is 159 cm³/mol. The Hall–Kier alpha value is -3.08. The van der Waals surface area contributed by atoms with Crippen molar-refractivity contribution in [3.63, 3.8) is 0 Å². The number of ether oxygens (including phenoxy) is 1. The summed E-state index contributed by atoms with van der Waals surface area (Å²) in [7, 11) is 5.50. The van der Waals surface area contributed by atoms with Gasteiger partial charge in [-0.2, -0.15) is 13.2 Å². The molecule has 1 saturated heterocycles. The van der Waals surface area contributed by atoms with Gasteiger partial charge in [0.05, 0.1) is 24.1 Å². The van der Waals surface area contributed by atoms with Crippen molar-refractivity contribution in [2.75, 3.05) is 57.6 Å². The van der Waals surface area contributed by atoms with E-state index < -0.39 is 11.7 Å². The highest BCUT2D eigenvalue weighted by molar-refractivity contribution is 5.73. The number of rotatable bonds is 9. The largest absolute Gasteiger partial charge is 0.494 e. The van der Waals surface area contributed by atoms with Gasteiger partial charge in [0.2, 0.25) is 11.9 Å². The third kappa shape index (κ3) is 7.46. The van der Waals surface area contributed by atoms with Crippen LogP contribution in [0.3, 0.4) is 0 Å². The summed E-state index contributed by atoms with van der Waals surface area (Å²) >= 11 is 0. The number of nitrogens with one attached hydrogen (secondary N) is 1. The molecule has 1 aliphatic carbocycles. The van der Waals surface area contributed by atoms with Gasteiger partial charge in [0.15, 0.2) is 0 Å². The van der Waals surface area contributed by atoms with E-state index in [0.717, 1.165) is 63.7 Å². The number of benzene rings is 1. The molecule has 232 valence electrons. The monoisotopic (exact) mass is 590 g/mol. The minimum absolute atomic E-state index is 0.0182. The van der Waals surface area contributed by atoms with Gasteiger partial charge in [0.25, 0.3) is 0 Å². The van der Waals surface area contributed by atoms with Crippen molar-refractivity contribution in [2.24, 2.45) is 17.8 Å². The molecule has 1 aromatic carbocycles. The highest BCUT2D eigenvalue weighted by Crippen LogP contribution is 2.39. The number of hydrogen-bond donors (Lipinski definition) is 1. The zero-order valence-electron chi connectivity index (χ0n) is 25.7. The van der Waals surface area contributed by atoms with E-state index in [2.05, 4.69) is 39.1 Å². The minimum Gasteiger partial charge on any atom is -0.494 e. The number of alkyl halides is 3. The molecule has 2 aromatic rings. The third-order valence-electron chi connectivity index (χ3n) is 9.34. The molecule has 1 N–H and O–H groups in total. The Kier molecular flexibility index (Phi) is 10.2. The van der Waals surface area contributed by atoms with Gasteiger partial charge in [0, 0.05) is 64.1 Å². The molecule has 4 atom stereocenters. The first-order chi connectivity index (χ1) is 19.9. The van der Waals surface area contributed by atoms with Crippen LogP contribution in [0.2, 0.25) is 0 Å². The molecule has 8 nitrogen and oxygen atoms in total. The summed E-state index contributed by atoms with van der Waals surface area (Å²) < 4.78 is 47.8. The molecule has 0 radical (unpaired) electrons. The Morgan fingerprint density at radius 2 is 1.86 bits per heavy atom. The summed E-state index contributed by atoms with van der Waals surface area (Å²) in [6.45, 7) is 9.40. The number of anilines is 3. The maximum Gasteiger partial charge on any atom is 0.419 e. The van der Waals surface area contributed by atoms with Crippen LogP contribution in [-0.2, 0) is 17.4 Å². The molecule has 4 unspecified atom stereocenters. The van der Waals surface area contributed by atoms with Crippen molar-refractivity contribution in [3.05, 3.63) is 35.7 Å². The first-order valence-corrected chi connectivity index (χ1v) is 14.9. The van der Waals surface area contributed by atoms with Gasteiger partial charge in [0.1, 0.15) is 5.75 Å². The Morgan fingerprint density at radius 1 is 1.17 bits per heavy atom. The van der Waals surface area contributed by atoms with Gasteiger partial charge in [-0.1, -0.05) is 26.7 Å². The lowest BCUT2D eigenvalue weighted by atomic mass is 9.71. The lowest BCUT2D eigenvalue weighted by Gasteiger charge is -2.42. The van der Waals surface area contributed by atoms with Crippen LogP contribution < -0.4 is 15.0 Å². The summed E-state index contributed by atoms with van der Waals surface area (Å²) in [5.74, 6) is 0.917. The van der Waals surface area contributed by atoms with Crippen molar-refractivity contribution in [1.29, 1.82) is 0 Å². The average molecular weight is 591 g/mol. The van der Waals surface area contributed by atoms with E-state index >= 15 is 0 Å². The van der Waals surface area contributed by atoms with E-state index in [9.17, 15) is 18.0 Å². The second-order valence-electron chi connectivity index (χ2n) is 12.0. The van der Waals surface area contributed by atoms with Crippen LogP contribution in [0.15, 0.2) is 24.4 Å². The Morgan fingerprint density at radius 3 is 2.50 bits per heavy atom. The topological polar surface area (TPSA) is 73.8 Å². The predicted octanol–water partition coefficient (Wildman–Crippen LogP) is 5.85. The molecule has 1 amide bonds. The number of carbonyl (C=O) groups is 1. The number of nitrogens with zero attached hydrogens (tertiary/aromatic N) is 5. The van der Waals surface area contributed by atoms with Crippen molar-refractivity contribution in [2.45, 2.75) is 65.1 Å². The van der Waals surface area contributed by atoms with Crippen LogP contribution in [0.25, 0.3) is 0 Å². The number of methoxy groups -OCH3 is 1. The maximum atomic E-state index is 14.1. The molecule has 11 heteroatoms. The van der Waals surface area contributed by atoms with Gasteiger partial charge >= 0.3 is 6.18 Å². The van der Waals surface area contributed by atoms with Crippen molar-refractivity contribution >= 4 is 23.2 Å². The zero-order valence-corrected chi connectivity index (χ0v) is 25.7. The molecule has 42 heavy (non-hydrogen) atoms. The van der Waals surface area contributed by atoms with Crippen molar-refractivity contribution in [1.82, 2.24) is 19.8 Å². The van der Waals surface area contributed by atoms with Crippen LogP contribution in [0.1, 0.15) is 57.7 Å². The van der Waals surface area contributed by atoms with Gasteiger partial charge in [-0.3, -0.25) is 4.79 Å². The SMILES string of the molecule is COc1cc(N2CCN(C)CC2)ccc1Nc1ncc(C(F)(F)F)c(CC(C)C(C)C2CCCCC2N(C)C(C)=O)n1. The lowest BCUT2D eigenvalue weighted by Crippen LogP contribution is -2.46. The summed E-state index contributed by atoms with van der Waals surface area (Å²) in [6, 6.07) is 5.86. The standard InChI is InChI=1S/C31H45F3N6O2/c1-20(21(2)24-9-7-8-10-28(24)39(5)22(3)41)17-27-25(31(32,33)34)19-35-30(37-27)36-26-12-11-23(18-29(26)42-6)40-15-13-38(4)14-16-40/h11-12,18-21,24,28H,7-10,13-17H2,1-6H3,(H,35,36,37). The van der Waals surface area contributed by atoms with Crippen LogP contribution in [-0.4, -0.2) is 79.1 Å². The highest BCUT2D eigenvalue weighted by Gasteiger charge is 2.38. The van der Waals surface area contributed by atoms with Crippen LogP contribution in [0.4, 0.5) is 30.5 Å². The lowest BCUT2D eigenvalue weighted by molar-refractivity contribution is -0.139. The molecule has 1 saturated carbocycles. The number of likely N-dealkylation sites (N-methyl/N-ethyl adjacent to an activating group) is 1. The molecular weight excluding hydrogens is 545 g/mol. The Balaban J connectivity index is 1.55. The fraction of sp³-hybridized carbons (Fsp3) is 0.645. The Labute approximate surface area is 247 Å². The van der Waals surface area contributed by atoms with E-state index in [1.54, 1.807) is 14.0 Å². The quantitative estimate of drug-likeness (QED) is 0.393. The molecule has 1 aromatic heterocycles. The van der Waals surface area contributed by atoms with Crippen molar-refractivity contribution < 1.29 is 22.7 Å². The number of piperazine rings is 1. The molecule has 2 heterocycles. The molecular formula is C31H45F3N6O2. The van der Waals surface area contributed by atoms with Crippen LogP contribution in [0, 0.1) is 17.8 Å². The fourth-order valence-electron chi connectivity index (χ4n) is 6.42. The number of aromatic nitrogens is 2. The van der Waals surface area contributed by atoms with Crippen LogP contribution in [0.5, 0.6) is 5.75 Å². The smallest absolute Gasteiger partial charge is 0.419 e. The maximum absolute atomic E-state index is 14.1. The summed E-state index contributed by atoms with van der Waals surface area (Å²) in [5, 5.41) is 3.09. The van der Waals surface area contributed by atoms with E-state index in [1.807, 2.05) is 37.1 Å². The molecule has 0 spiro atoms. The number of amides is 1. The van der Waals surface area contributed by atoms with Gasteiger partial charge in [-0.05, 0) is 56.2 Å². The number of hydrogen-bond acceptors (Lipinski definition) is 7. The second kappa shape index (κ2) is 13.5.